The maximum atomic E-state index is 13.5. The van der Waals surface area contributed by atoms with Crippen LogP contribution in [0.15, 0.2) is 18.2 Å². The highest BCUT2D eigenvalue weighted by Gasteiger charge is 2.40. The Morgan fingerprint density at radius 2 is 1.59 bits per heavy atom. The highest BCUT2D eigenvalue weighted by molar-refractivity contribution is 6.09. The predicted molar refractivity (Wildman–Crippen MR) is 124 cm³/mol. The average molecular weight is 439 g/mol. The van der Waals surface area contributed by atoms with Crippen molar-refractivity contribution in [1.29, 1.82) is 0 Å². The Morgan fingerprint density at radius 3 is 2.38 bits per heavy atom. The molecule has 7 nitrogen and oxygen atoms in total. The number of carbonyl (C=O) groups excluding carboxylic acids is 3. The van der Waals surface area contributed by atoms with Gasteiger partial charge in [-0.1, -0.05) is 19.3 Å². The minimum Gasteiger partial charge on any atom is -0.358 e. The number of benzene rings is 1. The number of hydrogen-bond acceptors (Lipinski definition) is 4. The van der Waals surface area contributed by atoms with Gasteiger partial charge in [0.1, 0.15) is 12.6 Å². The third kappa shape index (κ3) is 4.09. The van der Waals surface area contributed by atoms with E-state index < -0.39 is 0 Å². The van der Waals surface area contributed by atoms with Crippen molar-refractivity contribution in [2.45, 2.75) is 76.3 Å². The fourth-order valence-corrected chi connectivity index (χ4v) is 5.82. The molecule has 5 rings (SSSR count). The molecule has 32 heavy (non-hydrogen) atoms. The van der Waals surface area contributed by atoms with Crippen LogP contribution in [0.4, 0.5) is 11.4 Å². The molecule has 172 valence electrons. The van der Waals surface area contributed by atoms with E-state index in [9.17, 15) is 14.4 Å². The second-order valence-electron chi connectivity index (χ2n) is 9.73. The van der Waals surface area contributed by atoms with Crippen molar-refractivity contribution in [2.75, 3.05) is 36.0 Å². The van der Waals surface area contributed by atoms with Crippen molar-refractivity contribution in [3.05, 3.63) is 23.8 Å². The van der Waals surface area contributed by atoms with E-state index in [1.165, 1.54) is 6.42 Å². The van der Waals surface area contributed by atoms with Gasteiger partial charge < -0.3 is 15.1 Å². The lowest BCUT2D eigenvalue weighted by Gasteiger charge is -2.45. The molecule has 3 amide bonds. The summed E-state index contributed by atoms with van der Waals surface area (Å²) in [6.45, 7) is 2.44. The van der Waals surface area contributed by atoms with Crippen LogP contribution >= 0.6 is 0 Å². The molecule has 3 heterocycles. The second kappa shape index (κ2) is 9.12. The summed E-state index contributed by atoms with van der Waals surface area (Å²) in [7, 11) is 0. The number of rotatable bonds is 4. The first-order valence-corrected chi connectivity index (χ1v) is 12.4. The molecular formula is C25H34N4O3. The summed E-state index contributed by atoms with van der Waals surface area (Å²) in [5.41, 5.74) is 2.28. The number of piperidine rings is 1. The van der Waals surface area contributed by atoms with Gasteiger partial charge in [-0.2, -0.15) is 0 Å². The van der Waals surface area contributed by atoms with Crippen molar-refractivity contribution in [2.24, 2.45) is 0 Å². The lowest BCUT2D eigenvalue weighted by Crippen LogP contribution is -2.57. The first-order chi connectivity index (χ1) is 15.6. The monoisotopic (exact) mass is 438 g/mol. The molecule has 1 aromatic carbocycles. The van der Waals surface area contributed by atoms with E-state index in [0.29, 0.717) is 11.3 Å². The zero-order chi connectivity index (χ0) is 22.1. The maximum Gasteiger partial charge on any atom is 0.253 e. The molecule has 3 aliphatic heterocycles. The van der Waals surface area contributed by atoms with E-state index in [1.54, 1.807) is 4.90 Å². The summed E-state index contributed by atoms with van der Waals surface area (Å²) >= 11 is 0. The zero-order valence-corrected chi connectivity index (χ0v) is 18.9. The van der Waals surface area contributed by atoms with Gasteiger partial charge in [0.25, 0.3) is 5.91 Å². The third-order valence-electron chi connectivity index (χ3n) is 7.54. The molecular weight excluding hydrogens is 404 g/mol. The maximum absolute atomic E-state index is 13.5. The molecule has 0 aromatic heterocycles. The number of amides is 3. The van der Waals surface area contributed by atoms with E-state index in [4.69, 9.17) is 0 Å². The van der Waals surface area contributed by atoms with E-state index in [0.717, 1.165) is 83.1 Å². The number of hydrogen-bond donors (Lipinski definition) is 1. The molecule has 1 aromatic rings. The second-order valence-corrected chi connectivity index (χ2v) is 9.73. The number of likely N-dealkylation sites (tertiary alicyclic amines) is 1. The van der Waals surface area contributed by atoms with Gasteiger partial charge in [0, 0.05) is 31.2 Å². The number of carbonyl (C=O) groups is 3. The Labute approximate surface area is 190 Å². The van der Waals surface area contributed by atoms with Crippen molar-refractivity contribution < 1.29 is 14.4 Å². The lowest BCUT2D eigenvalue weighted by atomic mass is 9.94. The molecule has 3 fully saturated rings. The van der Waals surface area contributed by atoms with E-state index in [1.807, 2.05) is 23.1 Å². The van der Waals surface area contributed by atoms with Crippen molar-refractivity contribution in [1.82, 2.24) is 10.2 Å². The van der Waals surface area contributed by atoms with Gasteiger partial charge in [0.05, 0.1) is 11.4 Å². The van der Waals surface area contributed by atoms with Gasteiger partial charge in [0.15, 0.2) is 0 Å². The van der Waals surface area contributed by atoms with Gasteiger partial charge in [-0.25, -0.2) is 0 Å². The summed E-state index contributed by atoms with van der Waals surface area (Å²) in [6.07, 6.45) is 10.5. The Bertz CT molecular complexity index is 889. The third-order valence-corrected chi connectivity index (χ3v) is 7.54. The summed E-state index contributed by atoms with van der Waals surface area (Å²) in [5.74, 6) is -0.0939. The minimum atomic E-state index is -0.209. The standard InChI is InChI=1S/C25H34N4O3/c30-23(26-19-8-2-1-3-9-19)17-29-22-16-18(24(31)27-13-6-7-14-27)11-12-20(22)28-15-5-4-10-21(28)25(29)32/h11-12,16,19,21H,1-10,13-15,17H2,(H,26,30)/t21-/m1/s1. The van der Waals surface area contributed by atoms with Crippen molar-refractivity contribution >= 4 is 29.1 Å². The van der Waals surface area contributed by atoms with Crippen LogP contribution < -0.4 is 15.1 Å². The van der Waals surface area contributed by atoms with E-state index >= 15 is 0 Å². The van der Waals surface area contributed by atoms with E-state index in [-0.39, 0.29) is 36.3 Å². The fraction of sp³-hybridized carbons (Fsp3) is 0.640. The fourth-order valence-electron chi connectivity index (χ4n) is 5.82. The van der Waals surface area contributed by atoms with Gasteiger partial charge in [0.2, 0.25) is 11.8 Å². The summed E-state index contributed by atoms with van der Waals surface area (Å²) < 4.78 is 0. The molecule has 1 aliphatic carbocycles. The first-order valence-electron chi connectivity index (χ1n) is 12.4. The molecule has 0 radical (unpaired) electrons. The number of fused-ring (bicyclic) bond motifs is 3. The van der Waals surface area contributed by atoms with Crippen molar-refractivity contribution in [3.63, 3.8) is 0 Å². The lowest BCUT2D eigenvalue weighted by molar-refractivity contribution is -0.125. The summed E-state index contributed by atoms with van der Waals surface area (Å²) in [5, 5.41) is 3.15. The molecule has 0 spiro atoms. The Balaban J connectivity index is 1.42. The van der Waals surface area contributed by atoms with Crippen LogP contribution in [-0.2, 0) is 9.59 Å². The Hall–Kier alpha value is -2.57. The smallest absolute Gasteiger partial charge is 0.253 e. The SMILES string of the molecule is O=C(CN1C(=O)[C@H]2CCCCN2c2ccc(C(=O)N3CCCC3)cc21)NC1CCCCC1. The first kappa shape index (κ1) is 21.3. The molecule has 2 saturated heterocycles. The van der Waals surface area contributed by atoms with Gasteiger partial charge in [-0.3, -0.25) is 19.3 Å². The highest BCUT2D eigenvalue weighted by atomic mass is 16.2. The molecule has 0 unspecified atom stereocenters. The normalized spacial score (nSPS) is 23.7. The van der Waals surface area contributed by atoms with Crippen LogP contribution in [0.3, 0.4) is 0 Å². The molecule has 1 atom stereocenters. The summed E-state index contributed by atoms with van der Waals surface area (Å²) in [4.78, 5) is 45.1. The quantitative estimate of drug-likeness (QED) is 0.784. The van der Waals surface area contributed by atoms with E-state index in [2.05, 4.69) is 10.2 Å². The minimum absolute atomic E-state index is 0.0123. The Kier molecular flexibility index (Phi) is 6.07. The number of anilines is 2. The molecule has 1 N–H and O–H groups in total. The molecule has 7 heteroatoms. The van der Waals surface area contributed by atoms with Crippen LogP contribution in [0.5, 0.6) is 0 Å². The van der Waals surface area contributed by atoms with Crippen LogP contribution in [0.2, 0.25) is 0 Å². The Morgan fingerprint density at radius 1 is 0.875 bits per heavy atom. The molecule has 1 saturated carbocycles. The zero-order valence-electron chi connectivity index (χ0n) is 18.9. The van der Waals surface area contributed by atoms with Crippen molar-refractivity contribution in [3.8, 4) is 0 Å². The van der Waals surface area contributed by atoms with Gasteiger partial charge in [-0.15, -0.1) is 0 Å². The topological polar surface area (TPSA) is 73.0 Å². The largest absolute Gasteiger partial charge is 0.358 e. The molecule has 0 bridgehead atoms. The highest BCUT2D eigenvalue weighted by Crippen LogP contribution is 2.40. The average Bonchev–Trinajstić information content (AvgIpc) is 3.37. The molecule has 4 aliphatic rings. The van der Waals surface area contributed by atoms with Crippen LogP contribution in [0, 0.1) is 0 Å². The van der Waals surface area contributed by atoms with Crippen LogP contribution in [0.1, 0.15) is 74.6 Å². The van der Waals surface area contributed by atoms with Crippen LogP contribution in [-0.4, -0.2) is 60.9 Å². The predicted octanol–water partition coefficient (Wildman–Crippen LogP) is 3.08. The summed E-state index contributed by atoms with van der Waals surface area (Å²) in [6, 6.07) is 5.72. The van der Waals surface area contributed by atoms with Gasteiger partial charge >= 0.3 is 0 Å². The number of nitrogens with zero attached hydrogens (tertiary/aromatic N) is 3. The van der Waals surface area contributed by atoms with Gasteiger partial charge in [-0.05, 0) is 63.1 Å². The number of nitrogens with one attached hydrogen (secondary N) is 1. The van der Waals surface area contributed by atoms with Crippen LogP contribution in [0.25, 0.3) is 0 Å².